The van der Waals surface area contributed by atoms with E-state index in [1.807, 2.05) is 45.9 Å². The van der Waals surface area contributed by atoms with Gasteiger partial charge in [0, 0.05) is 12.6 Å². The van der Waals surface area contributed by atoms with Crippen molar-refractivity contribution in [3.63, 3.8) is 0 Å². The summed E-state index contributed by atoms with van der Waals surface area (Å²) in [7, 11) is 1.61. The van der Waals surface area contributed by atoms with E-state index in [0.29, 0.717) is 5.56 Å². The van der Waals surface area contributed by atoms with E-state index in [1.54, 1.807) is 13.1 Å². The van der Waals surface area contributed by atoms with E-state index in [-0.39, 0.29) is 24.2 Å². The molecule has 1 amide bonds. The molecule has 0 saturated carbocycles. The van der Waals surface area contributed by atoms with E-state index in [2.05, 4.69) is 5.32 Å². The van der Waals surface area contributed by atoms with Crippen LogP contribution in [0.3, 0.4) is 0 Å². The zero-order chi connectivity index (χ0) is 18.7. The van der Waals surface area contributed by atoms with E-state index >= 15 is 0 Å². The topological polar surface area (TPSA) is 75.3 Å². The molecule has 0 aliphatic carbocycles. The number of amides is 1. The first-order valence-corrected chi connectivity index (χ1v) is 8.88. The Morgan fingerprint density at radius 1 is 0.962 bits per heavy atom. The smallest absolute Gasteiger partial charge is 0.251 e. The predicted octanol–water partition coefficient (Wildman–Crippen LogP) is 2.12. The Hall–Kier alpha value is -1.51. The Morgan fingerprint density at radius 3 is 2.35 bits per heavy atom. The second-order valence-corrected chi connectivity index (χ2v) is 7.79. The van der Waals surface area contributed by atoms with Gasteiger partial charge in [-0.15, -0.1) is 0 Å². The molecule has 1 unspecified atom stereocenters. The van der Waals surface area contributed by atoms with Crippen molar-refractivity contribution in [2.75, 3.05) is 7.05 Å². The first-order valence-electron chi connectivity index (χ1n) is 8.88. The fourth-order valence-corrected chi connectivity index (χ4v) is 3.88. The number of benzene rings is 1. The number of nitrogens with one attached hydrogen (secondary N) is 1. The van der Waals surface area contributed by atoms with Crippen molar-refractivity contribution >= 4 is 5.91 Å². The summed E-state index contributed by atoms with van der Waals surface area (Å²) in [5.41, 5.74) is 1.41. The normalized spacial score (nSPS) is 37.0. The molecule has 0 radical (unpaired) electrons. The Balaban J connectivity index is 1.69. The first-order chi connectivity index (χ1) is 12.2. The molecule has 0 spiro atoms. The van der Waals surface area contributed by atoms with E-state index in [9.17, 15) is 4.79 Å². The van der Waals surface area contributed by atoms with E-state index in [1.165, 1.54) is 0 Å². The van der Waals surface area contributed by atoms with Gasteiger partial charge >= 0.3 is 0 Å². The highest BCUT2D eigenvalue weighted by molar-refractivity contribution is 5.94. The fraction of sp³-hybridized carbons (Fsp3) is 0.632. The molecular weight excluding hydrogens is 338 g/mol. The van der Waals surface area contributed by atoms with Crippen LogP contribution in [0.2, 0.25) is 0 Å². The quantitative estimate of drug-likeness (QED) is 0.867. The third-order valence-corrected chi connectivity index (χ3v) is 4.86. The number of hydrogen-bond acceptors (Lipinski definition) is 6. The summed E-state index contributed by atoms with van der Waals surface area (Å²) in [5.74, 6) is -1.66. The molecule has 3 fully saturated rings. The summed E-state index contributed by atoms with van der Waals surface area (Å²) in [5, 5.41) is 2.64. The van der Waals surface area contributed by atoms with Crippen LogP contribution in [0.1, 0.15) is 49.7 Å². The van der Waals surface area contributed by atoms with Gasteiger partial charge < -0.3 is 29.0 Å². The Kier molecular flexibility index (Phi) is 4.13. The lowest BCUT2D eigenvalue weighted by molar-refractivity contribution is -0.236. The summed E-state index contributed by atoms with van der Waals surface area (Å²) in [6, 6.07) is 7.33. The monoisotopic (exact) mass is 363 g/mol. The van der Waals surface area contributed by atoms with Gasteiger partial charge in [0.1, 0.15) is 24.4 Å². The maximum atomic E-state index is 12.0. The predicted molar refractivity (Wildman–Crippen MR) is 91.3 cm³/mol. The van der Waals surface area contributed by atoms with Gasteiger partial charge in [0.15, 0.2) is 17.9 Å². The van der Waals surface area contributed by atoms with Gasteiger partial charge in [0.05, 0.1) is 0 Å². The molecule has 3 aliphatic heterocycles. The highest BCUT2D eigenvalue weighted by Crippen LogP contribution is 2.48. The van der Waals surface area contributed by atoms with Crippen LogP contribution in [0.5, 0.6) is 0 Å². The number of ether oxygens (including phenoxy) is 5. The van der Waals surface area contributed by atoms with Crippen LogP contribution in [-0.4, -0.2) is 49.1 Å². The molecule has 4 rings (SSSR count). The minimum absolute atomic E-state index is 0.150. The minimum Gasteiger partial charge on any atom is -0.355 e. The number of carbonyl (C=O) groups is 1. The average Bonchev–Trinajstić information content (AvgIpc) is 3.07. The first kappa shape index (κ1) is 17.9. The Bertz CT molecular complexity index is 718. The highest BCUT2D eigenvalue weighted by Gasteiger charge is 2.60. The van der Waals surface area contributed by atoms with E-state index < -0.39 is 24.0 Å². The van der Waals surface area contributed by atoms with Gasteiger partial charge in [-0.25, -0.2) is 0 Å². The van der Waals surface area contributed by atoms with Crippen molar-refractivity contribution < 1.29 is 28.5 Å². The zero-order valence-electron chi connectivity index (χ0n) is 15.6. The van der Waals surface area contributed by atoms with Crippen molar-refractivity contribution in [1.29, 1.82) is 0 Å². The third-order valence-electron chi connectivity index (χ3n) is 4.86. The van der Waals surface area contributed by atoms with Gasteiger partial charge in [0.25, 0.3) is 5.91 Å². The molecule has 1 aromatic carbocycles. The van der Waals surface area contributed by atoms with Gasteiger partial charge in [0.2, 0.25) is 0 Å². The lowest BCUT2D eigenvalue weighted by Crippen LogP contribution is -2.51. The maximum Gasteiger partial charge on any atom is 0.251 e. The largest absolute Gasteiger partial charge is 0.355 e. The fourth-order valence-electron chi connectivity index (χ4n) is 3.88. The second kappa shape index (κ2) is 6.00. The molecule has 3 saturated heterocycles. The molecule has 3 aliphatic rings. The van der Waals surface area contributed by atoms with Crippen molar-refractivity contribution in [1.82, 2.24) is 5.32 Å². The molecule has 1 N–H and O–H groups in total. The van der Waals surface area contributed by atoms with Gasteiger partial charge in [-0.05, 0) is 45.4 Å². The second-order valence-electron chi connectivity index (χ2n) is 7.79. The summed E-state index contributed by atoms with van der Waals surface area (Å²) < 4.78 is 30.4. The standard InChI is InChI=1S/C19H25NO6/c1-18(2)23-13-12(10-7-6-8-11(9-10)16(21)20-5)22-17-15(14(13)24-18)25-19(3,4)26-17/h6-9,12-15,17H,1-5H3,(H,20,21)/t12?,13-,14+,15+,17+/m0/s1. The summed E-state index contributed by atoms with van der Waals surface area (Å²) >= 11 is 0. The molecule has 0 bridgehead atoms. The molecule has 142 valence electrons. The highest BCUT2D eigenvalue weighted by atomic mass is 16.9. The number of fused-ring (bicyclic) bond motifs is 3. The van der Waals surface area contributed by atoms with Crippen LogP contribution in [-0.2, 0) is 23.7 Å². The van der Waals surface area contributed by atoms with Crippen LogP contribution in [0, 0.1) is 0 Å². The Labute approximate surface area is 152 Å². The molecule has 1 aromatic rings. The minimum atomic E-state index is -0.755. The summed E-state index contributed by atoms with van der Waals surface area (Å²) in [6.07, 6.45) is -2.03. The zero-order valence-corrected chi connectivity index (χ0v) is 15.6. The third kappa shape index (κ3) is 3.04. The number of rotatable bonds is 2. The Morgan fingerprint density at radius 2 is 1.62 bits per heavy atom. The van der Waals surface area contributed by atoms with Crippen LogP contribution in [0.15, 0.2) is 24.3 Å². The van der Waals surface area contributed by atoms with Gasteiger partial charge in [-0.3, -0.25) is 4.79 Å². The lowest BCUT2D eigenvalue weighted by atomic mass is 9.93. The van der Waals surface area contributed by atoms with Crippen LogP contribution < -0.4 is 5.32 Å². The molecule has 7 heteroatoms. The molecule has 0 aromatic heterocycles. The summed E-state index contributed by atoms with van der Waals surface area (Å²) in [6.45, 7) is 7.45. The van der Waals surface area contributed by atoms with Crippen molar-refractivity contribution in [2.45, 2.75) is 70.0 Å². The van der Waals surface area contributed by atoms with Crippen LogP contribution in [0.25, 0.3) is 0 Å². The van der Waals surface area contributed by atoms with E-state index in [0.717, 1.165) is 5.56 Å². The lowest BCUT2D eigenvalue weighted by Gasteiger charge is -2.37. The molecular formula is C19H25NO6. The number of hydrogen-bond donors (Lipinski definition) is 1. The average molecular weight is 363 g/mol. The van der Waals surface area contributed by atoms with Crippen molar-refractivity contribution in [2.24, 2.45) is 0 Å². The van der Waals surface area contributed by atoms with Crippen LogP contribution in [0.4, 0.5) is 0 Å². The van der Waals surface area contributed by atoms with Gasteiger partial charge in [-0.2, -0.15) is 0 Å². The maximum absolute atomic E-state index is 12.0. The van der Waals surface area contributed by atoms with E-state index in [4.69, 9.17) is 23.7 Å². The van der Waals surface area contributed by atoms with Crippen LogP contribution >= 0.6 is 0 Å². The van der Waals surface area contributed by atoms with Crippen molar-refractivity contribution in [3.05, 3.63) is 35.4 Å². The molecule has 7 nitrogen and oxygen atoms in total. The SMILES string of the molecule is CNC(=O)c1cccc(C2O[C@@H]3OC(C)(C)O[C@@H]3[C@@H]3OC(C)(C)O[C@@H]23)c1. The van der Waals surface area contributed by atoms with Gasteiger partial charge in [-0.1, -0.05) is 12.1 Å². The molecule has 26 heavy (non-hydrogen) atoms. The number of carbonyl (C=O) groups excluding carboxylic acids is 1. The van der Waals surface area contributed by atoms with Crippen molar-refractivity contribution in [3.8, 4) is 0 Å². The summed E-state index contributed by atoms with van der Waals surface area (Å²) in [4.78, 5) is 12.0. The molecule has 5 atom stereocenters. The molecule has 3 heterocycles.